The summed E-state index contributed by atoms with van der Waals surface area (Å²) in [7, 11) is 0. The van der Waals surface area contributed by atoms with Crippen molar-refractivity contribution < 1.29 is 39.3 Å². The minimum atomic E-state index is -1.68. The van der Waals surface area contributed by atoms with Crippen LogP contribution in [-0.2, 0) is 30.4 Å². The van der Waals surface area contributed by atoms with Gasteiger partial charge in [0.15, 0.2) is 5.96 Å². The second-order valence-corrected chi connectivity index (χ2v) is 8.92. The van der Waals surface area contributed by atoms with Gasteiger partial charge in [0.2, 0.25) is 17.7 Å². The summed E-state index contributed by atoms with van der Waals surface area (Å²) in [6, 6.07) is 1.37. The quantitative estimate of drug-likeness (QED) is 0.0562. The number of carbonyl (C=O) groups excluding carboxylic acids is 3. The number of aliphatic hydroxyl groups is 1. The van der Waals surface area contributed by atoms with Crippen molar-refractivity contribution in [1.82, 2.24) is 20.9 Å². The highest BCUT2D eigenvalue weighted by molar-refractivity contribution is 5.96. The first-order valence-corrected chi connectivity index (χ1v) is 12.3. The fourth-order valence-electron chi connectivity index (χ4n) is 3.78. The van der Waals surface area contributed by atoms with Gasteiger partial charge in [0.05, 0.1) is 13.0 Å². The molecule has 0 saturated heterocycles. The van der Waals surface area contributed by atoms with Crippen molar-refractivity contribution in [3.05, 3.63) is 36.0 Å². The van der Waals surface area contributed by atoms with Crippen LogP contribution in [0, 0.1) is 0 Å². The van der Waals surface area contributed by atoms with Gasteiger partial charge in [-0.25, -0.2) is 4.79 Å². The molecule has 2 aromatic rings. The molecule has 4 atom stereocenters. The zero-order valence-corrected chi connectivity index (χ0v) is 21.5. The number of rotatable bonds is 16. The van der Waals surface area contributed by atoms with E-state index in [0.29, 0.717) is 5.56 Å². The first-order valence-electron chi connectivity index (χ1n) is 12.3. The van der Waals surface area contributed by atoms with Crippen molar-refractivity contribution in [1.29, 1.82) is 0 Å². The first-order chi connectivity index (χ1) is 18.9. The molecule has 0 aliphatic rings. The summed E-state index contributed by atoms with van der Waals surface area (Å²) in [5, 5.41) is 35.8. The maximum absolute atomic E-state index is 13.0. The number of nitrogens with two attached hydrogens (primary N) is 3. The zero-order chi connectivity index (χ0) is 29.8. The third-order valence-corrected chi connectivity index (χ3v) is 5.84. The van der Waals surface area contributed by atoms with E-state index in [2.05, 4.69) is 25.9 Å². The predicted octanol–water partition coefficient (Wildman–Crippen LogP) is -2.90. The van der Waals surface area contributed by atoms with Crippen LogP contribution in [0.5, 0.6) is 0 Å². The van der Waals surface area contributed by atoms with Crippen molar-refractivity contribution in [2.24, 2.45) is 22.2 Å². The van der Waals surface area contributed by atoms with Gasteiger partial charge in [-0.3, -0.25) is 24.2 Å². The second-order valence-electron chi connectivity index (χ2n) is 8.92. The van der Waals surface area contributed by atoms with Crippen LogP contribution in [0.1, 0.15) is 24.8 Å². The molecule has 0 spiro atoms. The number of aliphatic hydroxyl groups excluding tert-OH is 1. The van der Waals surface area contributed by atoms with Crippen LogP contribution in [0.4, 0.5) is 0 Å². The van der Waals surface area contributed by atoms with E-state index < -0.39 is 66.9 Å². The lowest BCUT2D eigenvalue weighted by molar-refractivity contribution is -0.143. The highest BCUT2D eigenvalue weighted by Crippen LogP contribution is 2.19. The van der Waals surface area contributed by atoms with E-state index in [1.54, 1.807) is 30.5 Å². The number of hydrogen-bond acceptors (Lipinski definition) is 8. The molecule has 13 N–H and O–H groups in total. The van der Waals surface area contributed by atoms with E-state index in [9.17, 15) is 34.2 Å². The summed E-state index contributed by atoms with van der Waals surface area (Å²) in [4.78, 5) is 68.4. The van der Waals surface area contributed by atoms with Crippen LogP contribution < -0.4 is 33.2 Å². The molecule has 1 aromatic carbocycles. The number of carbonyl (C=O) groups is 5. The Bertz CT molecular complexity index is 1240. The highest BCUT2D eigenvalue weighted by atomic mass is 16.4. The average molecular weight is 563 g/mol. The Labute approximate surface area is 228 Å². The smallest absolute Gasteiger partial charge is 0.326 e. The van der Waals surface area contributed by atoms with Crippen molar-refractivity contribution in [2.45, 2.75) is 49.9 Å². The van der Waals surface area contributed by atoms with E-state index in [4.69, 9.17) is 22.3 Å². The number of H-pyrrole nitrogens is 1. The number of carboxylic acids is 2. The molecule has 1 aromatic heterocycles. The van der Waals surface area contributed by atoms with E-state index in [1.807, 2.05) is 0 Å². The molecule has 40 heavy (non-hydrogen) atoms. The second kappa shape index (κ2) is 15.0. The lowest BCUT2D eigenvalue weighted by atomic mass is 10.0. The van der Waals surface area contributed by atoms with Crippen molar-refractivity contribution in [3.63, 3.8) is 0 Å². The Morgan fingerprint density at radius 3 is 2.17 bits per heavy atom. The Balaban J connectivity index is 2.19. The Morgan fingerprint density at radius 2 is 1.55 bits per heavy atom. The first kappa shape index (κ1) is 31.5. The molecular weight excluding hydrogens is 528 g/mol. The molecule has 0 saturated carbocycles. The molecule has 218 valence electrons. The number of para-hydroxylation sites is 1. The lowest BCUT2D eigenvalue weighted by Gasteiger charge is -2.24. The monoisotopic (exact) mass is 562 g/mol. The number of carboxylic acid groups (broad SMARTS) is 2. The molecule has 16 nitrogen and oxygen atoms in total. The molecule has 16 heteroatoms. The van der Waals surface area contributed by atoms with Gasteiger partial charge in [0.25, 0.3) is 0 Å². The molecule has 2 rings (SSSR count). The molecule has 4 unspecified atom stereocenters. The number of aromatic nitrogens is 1. The van der Waals surface area contributed by atoms with Crippen molar-refractivity contribution in [2.75, 3.05) is 13.2 Å². The van der Waals surface area contributed by atoms with Crippen molar-refractivity contribution >= 4 is 46.5 Å². The summed E-state index contributed by atoms with van der Waals surface area (Å²) in [5.41, 5.74) is 17.4. The molecule has 0 radical (unpaired) electrons. The van der Waals surface area contributed by atoms with Crippen LogP contribution >= 0.6 is 0 Å². The standard InChI is InChI=1S/C24H34N8O8/c25-14(11-33)20(36)30-16(6-3-7-28-24(26)27)21(37)31-17(9-19(34)35)22(38)32-18(23(39)40)8-12-10-29-15-5-2-1-4-13(12)15/h1-2,4-5,10,14,16-18,29,33H,3,6-9,11,25H2,(H,30,36)(H,31,37)(H,32,38)(H,34,35)(H,39,40)(H4,26,27,28). The summed E-state index contributed by atoms with van der Waals surface area (Å²) in [6.45, 7) is -0.605. The van der Waals surface area contributed by atoms with E-state index in [1.165, 1.54) is 0 Å². The third-order valence-electron chi connectivity index (χ3n) is 5.84. The Morgan fingerprint density at radius 1 is 0.925 bits per heavy atom. The molecule has 0 aliphatic carbocycles. The lowest BCUT2D eigenvalue weighted by Crippen LogP contribution is -2.58. The van der Waals surface area contributed by atoms with Crippen LogP contribution in [0.25, 0.3) is 10.9 Å². The Hall–Kier alpha value is -4.70. The van der Waals surface area contributed by atoms with Gasteiger partial charge in [0.1, 0.15) is 24.2 Å². The van der Waals surface area contributed by atoms with Crippen LogP contribution in [0.2, 0.25) is 0 Å². The third kappa shape index (κ3) is 9.55. The zero-order valence-electron chi connectivity index (χ0n) is 21.5. The van der Waals surface area contributed by atoms with Gasteiger partial charge in [-0.1, -0.05) is 18.2 Å². The maximum atomic E-state index is 13.0. The largest absolute Gasteiger partial charge is 0.481 e. The topological polar surface area (TPSA) is 288 Å². The summed E-state index contributed by atoms with van der Waals surface area (Å²) < 4.78 is 0. The SMILES string of the molecule is NC(N)=NCCCC(NC(=O)C(N)CO)C(=O)NC(CC(=O)O)C(=O)NC(Cc1c[nH]c2ccccc12)C(=O)O. The number of amides is 3. The molecular formula is C24H34N8O8. The van der Waals surface area contributed by atoms with E-state index in [-0.39, 0.29) is 31.8 Å². The van der Waals surface area contributed by atoms with E-state index >= 15 is 0 Å². The number of aliphatic carboxylic acids is 2. The number of nitrogens with zero attached hydrogens (tertiary/aromatic N) is 1. The predicted molar refractivity (Wildman–Crippen MR) is 143 cm³/mol. The molecule has 3 amide bonds. The maximum Gasteiger partial charge on any atom is 0.326 e. The Kier molecular flexibility index (Phi) is 11.8. The number of hydrogen-bond donors (Lipinski definition) is 10. The van der Waals surface area contributed by atoms with Gasteiger partial charge in [-0.2, -0.15) is 0 Å². The number of fused-ring (bicyclic) bond motifs is 1. The number of aromatic amines is 1. The molecule has 1 heterocycles. The molecule has 0 bridgehead atoms. The summed E-state index contributed by atoms with van der Waals surface area (Å²) in [5.74, 6) is -5.87. The summed E-state index contributed by atoms with van der Waals surface area (Å²) >= 11 is 0. The fraction of sp³-hybridized carbons (Fsp3) is 0.417. The highest BCUT2D eigenvalue weighted by Gasteiger charge is 2.32. The minimum absolute atomic E-state index is 0.0355. The van der Waals surface area contributed by atoms with Crippen LogP contribution in [0.3, 0.4) is 0 Å². The van der Waals surface area contributed by atoms with Gasteiger partial charge in [-0.05, 0) is 24.5 Å². The van der Waals surface area contributed by atoms with Gasteiger partial charge >= 0.3 is 11.9 Å². The van der Waals surface area contributed by atoms with E-state index in [0.717, 1.165) is 10.9 Å². The average Bonchev–Trinajstić information content (AvgIpc) is 3.31. The van der Waals surface area contributed by atoms with Crippen LogP contribution in [0.15, 0.2) is 35.5 Å². The summed E-state index contributed by atoms with van der Waals surface area (Å²) in [6.07, 6.45) is 0.775. The molecule has 0 aliphatic heterocycles. The number of nitrogens with one attached hydrogen (secondary N) is 4. The van der Waals surface area contributed by atoms with Gasteiger partial charge < -0.3 is 53.5 Å². The van der Waals surface area contributed by atoms with Gasteiger partial charge in [-0.15, -0.1) is 0 Å². The van der Waals surface area contributed by atoms with Gasteiger partial charge in [0, 0.05) is 30.1 Å². The minimum Gasteiger partial charge on any atom is -0.481 e. The fourth-order valence-corrected chi connectivity index (χ4v) is 3.78. The number of guanidine groups is 1. The number of benzene rings is 1. The normalized spacial score (nSPS) is 13.8. The number of aliphatic imine (C=N–C) groups is 1. The molecule has 0 fully saturated rings. The van der Waals surface area contributed by atoms with Crippen molar-refractivity contribution in [3.8, 4) is 0 Å². The van der Waals surface area contributed by atoms with Crippen LogP contribution in [-0.4, -0.2) is 93.2 Å².